The molecule has 6 aromatic heterocycles. The summed E-state index contributed by atoms with van der Waals surface area (Å²) in [6.07, 6.45) is 19.8. The fourth-order valence-electron chi connectivity index (χ4n) is 10.4. The van der Waals surface area contributed by atoms with Gasteiger partial charge in [-0.2, -0.15) is 19.9 Å². The zero-order valence-electron chi connectivity index (χ0n) is 48.7. The van der Waals surface area contributed by atoms with E-state index in [0.29, 0.717) is 55.0 Å². The van der Waals surface area contributed by atoms with Gasteiger partial charge in [0.15, 0.2) is 34.0 Å². The second kappa shape index (κ2) is 29.9. The van der Waals surface area contributed by atoms with Gasteiger partial charge in [0.1, 0.15) is 0 Å². The van der Waals surface area contributed by atoms with Crippen LogP contribution in [-0.4, -0.2) is 103 Å². The first kappa shape index (κ1) is 60.4. The van der Waals surface area contributed by atoms with Crippen LogP contribution in [0.2, 0.25) is 0 Å². The first-order valence-corrected chi connectivity index (χ1v) is 29.4. The van der Waals surface area contributed by atoms with Gasteiger partial charge in [-0.05, 0) is 147 Å². The van der Waals surface area contributed by atoms with Crippen molar-refractivity contribution in [1.29, 1.82) is 0 Å². The Balaban J connectivity index is 0.000000182. The quantitative estimate of drug-likeness (QED) is 0.0461. The molecule has 0 aliphatic heterocycles. The molecule has 20 heteroatoms. The van der Waals surface area contributed by atoms with Gasteiger partial charge in [0.25, 0.3) is 0 Å². The molecule has 0 atom stereocenters. The molecule has 6 heterocycles. The van der Waals surface area contributed by atoms with Crippen LogP contribution in [0.15, 0.2) is 110 Å². The number of carbonyl (C=O) groups excluding carboxylic acids is 1. The molecule has 20 nitrogen and oxygen atoms in total. The molecule has 0 bridgehead atoms. The van der Waals surface area contributed by atoms with Gasteiger partial charge in [-0.3, -0.25) is 14.8 Å². The summed E-state index contributed by atoms with van der Waals surface area (Å²) in [7, 11) is 0. The minimum atomic E-state index is 0.0363. The van der Waals surface area contributed by atoms with Crippen LogP contribution in [0.3, 0.4) is 0 Å². The van der Waals surface area contributed by atoms with E-state index in [-0.39, 0.29) is 36.7 Å². The van der Waals surface area contributed by atoms with Gasteiger partial charge in [0, 0.05) is 98.5 Å². The molecule has 3 saturated carbocycles. The van der Waals surface area contributed by atoms with E-state index in [1.54, 1.807) is 13.8 Å². The number of benzene rings is 2. The molecule has 3 aliphatic carbocycles. The highest BCUT2D eigenvalue weighted by molar-refractivity contribution is 5.85. The summed E-state index contributed by atoms with van der Waals surface area (Å²) in [6.45, 7) is 13.3. The number of nitrogens with zero attached hydrogens (tertiary/aromatic N) is 10. The summed E-state index contributed by atoms with van der Waals surface area (Å²) < 4.78 is 4.16. The van der Waals surface area contributed by atoms with Gasteiger partial charge in [-0.1, -0.05) is 60.7 Å². The number of fused-ring (bicyclic) bond motifs is 2. The van der Waals surface area contributed by atoms with Crippen LogP contribution in [0.5, 0.6) is 0 Å². The highest BCUT2D eigenvalue weighted by atomic mass is 16.2. The van der Waals surface area contributed by atoms with E-state index in [9.17, 15) is 4.79 Å². The Hall–Kier alpha value is -7.65. The lowest BCUT2D eigenvalue weighted by molar-refractivity contribution is -0.119. The van der Waals surface area contributed by atoms with Crippen molar-refractivity contribution in [3.05, 3.63) is 121 Å². The van der Waals surface area contributed by atoms with E-state index >= 15 is 0 Å². The Kier molecular flexibility index (Phi) is 22.0. The maximum Gasteiger partial charge on any atom is 0.227 e. The van der Waals surface area contributed by atoms with Crippen molar-refractivity contribution in [1.82, 2.24) is 54.3 Å². The number of amides is 1. The number of imidazole rings is 2. The smallest absolute Gasteiger partial charge is 0.227 e. The number of rotatable bonds is 15. The SMILES string of the molecule is CC(=O)NC1CCC(Nc2nc(NCc3ccc(-c4ccccn4)cc3)c3ncn(C(C)C)c3n2)CC1.CC(C)n1cnc2c(NCc3ccc(-c4ccccn4)cc3)nc(NC3CCC(N)CC3)nc21.CCO.NC1CCC(N)CC1. The first-order valence-electron chi connectivity index (χ1n) is 29.4. The molecule has 0 radical (unpaired) electrons. The lowest BCUT2D eigenvalue weighted by atomic mass is 9.91. The molecule has 82 heavy (non-hydrogen) atoms. The standard InChI is InChI=1S/C28H34N8O.C26H32N8.C6H14N2.C2H6O/c1-18(2)36-17-31-25-26(30-16-20-7-9-21(10-8-20)24-6-4-5-15-29-24)34-28(35-27(25)36)33-23-13-11-22(12-14-23)32-19(3)37;1-17(2)34-16-30-23-24(32-26(33-25(23)34)31-21-12-10-20(27)11-13-21)29-15-18-6-8-19(9-7-18)22-5-3-4-14-28-22;7-5-1-2-6(8)4-3-5;1-2-3/h4-10,15,17-18,22-23H,11-14,16H2,1-3H3,(H,32,37)(H2,30,33,34,35);3-9,14,16-17,20-21H,10-13,15,27H2,1-2H3,(H2,29,31,32,33);5-6H,1-4,7-8H2;3H,2H2,1H3. The van der Waals surface area contributed by atoms with Crippen molar-refractivity contribution in [2.24, 2.45) is 17.2 Å². The highest BCUT2D eigenvalue weighted by Crippen LogP contribution is 2.29. The van der Waals surface area contributed by atoms with Crippen LogP contribution >= 0.6 is 0 Å². The molecule has 11 rings (SSSR count). The normalized spacial score (nSPS) is 19.7. The fourth-order valence-corrected chi connectivity index (χ4v) is 10.4. The van der Waals surface area contributed by atoms with Crippen LogP contribution in [0.4, 0.5) is 23.5 Å². The third kappa shape index (κ3) is 17.2. The molecule has 436 valence electrons. The monoisotopic (exact) mass is 1110 g/mol. The largest absolute Gasteiger partial charge is 0.397 e. The van der Waals surface area contributed by atoms with Crippen LogP contribution in [0, 0.1) is 0 Å². The van der Waals surface area contributed by atoms with Crippen molar-refractivity contribution in [3.63, 3.8) is 0 Å². The lowest BCUT2D eigenvalue weighted by Crippen LogP contribution is -2.39. The second-order valence-corrected chi connectivity index (χ2v) is 22.3. The maximum absolute atomic E-state index is 11.4. The van der Waals surface area contributed by atoms with Gasteiger partial charge < -0.3 is 58.0 Å². The topological polar surface area (TPSA) is 288 Å². The first-order chi connectivity index (χ1) is 39.7. The molecular weight excluding hydrogens is 1030 g/mol. The van der Waals surface area contributed by atoms with E-state index < -0.39 is 0 Å². The van der Waals surface area contributed by atoms with Crippen molar-refractivity contribution in [2.75, 3.05) is 27.9 Å². The number of nitrogens with two attached hydrogens (primary N) is 3. The summed E-state index contributed by atoms with van der Waals surface area (Å²) in [5, 5.41) is 24.7. The van der Waals surface area contributed by atoms with E-state index in [0.717, 1.165) is 139 Å². The minimum Gasteiger partial charge on any atom is -0.397 e. The van der Waals surface area contributed by atoms with E-state index in [1.165, 1.54) is 0 Å². The summed E-state index contributed by atoms with van der Waals surface area (Å²) in [5.41, 5.74) is 27.0. The molecule has 3 fully saturated rings. The summed E-state index contributed by atoms with van der Waals surface area (Å²) >= 11 is 0. The Morgan fingerprint density at radius 3 is 1.26 bits per heavy atom. The average Bonchev–Trinajstić information content (AvgIpc) is 4.25. The molecule has 8 aromatic rings. The van der Waals surface area contributed by atoms with E-state index in [1.807, 2.05) is 61.4 Å². The van der Waals surface area contributed by atoms with Crippen molar-refractivity contribution in [2.45, 2.75) is 180 Å². The highest BCUT2D eigenvalue weighted by Gasteiger charge is 2.25. The third-order valence-electron chi connectivity index (χ3n) is 15.1. The predicted octanol–water partition coefficient (Wildman–Crippen LogP) is 9.92. The number of hydrogen-bond acceptors (Lipinski definition) is 17. The zero-order chi connectivity index (χ0) is 58.0. The third-order valence-corrected chi connectivity index (χ3v) is 15.1. The molecule has 12 N–H and O–H groups in total. The summed E-state index contributed by atoms with van der Waals surface area (Å²) in [4.78, 5) is 48.8. The Bertz CT molecular complexity index is 3170. The summed E-state index contributed by atoms with van der Waals surface area (Å²) in [6, 6.07) is 31.2. The molecule has 1 amide bonds. The van der Waals surface area contributed by atoms with Gasteiger partial charge in [0.05, 0.1) is 24.0 Å². The van der Waals surface area contributed by atoms with E-state index in [4.69, 9.17) is 42.2 Å². The number of pyridine rings is 2. The van der Waals surface area contributed by atoms with E-state index in [2.05, 4.69) is 132 Å². The fraction of sp³-hybridized carbons (Fsp3) is 0.468. The van der Waals surface area contributed by atoms with Gasteiger partial charge in [-0.15, -0.1) is 0 Å². The van der Waals surface area contributed by atoms with Crippen molar-refractivity contribution >= 4 is 51.8 Å². The Labute approximate surface area is 482 Å². The minimum absolute atomic E-state index is 0.0363. The number of aliphatic hydroxyl groups excluding tert-OH is 1. The number of nitrogens with one attached hydrogen (secondary N) is 5. The second-order valence-electron chi connectivity index (χ2n) is 22.3. The van der Waals surface area contributed by atoms with Crippen LogP contribution in [-0.2, 0) is 17.9 Å². The Morgan fingerprint density at radius 1 is 0.537 bits per heavy atom. The van der Waals surface area contributed by atoms with Crippen LogP contribution in [0.25, 0.3) is 44.8 Å². The molecule has 2 aromatic carbocycles. The Morgan fingerprint density at radius 2 is 0.902 bits per heavy atom. The molecular formula is C62H86N18O2. The average molecular weight is 1120 g/mol. The molecule has 0 saturated heterocycles. The molecule has 3 aliphatic rings. The van der Waals surface area contributed by atoms with Gasteiger partial charge in [-0.25, -0.2) is 9.97 Å². The maximum atomic E-state index is 11.4. The van der Waals surface area contributed by atoms with Gasteiger partial charge in [0.2, 0.25) is 17.8 Å². The number of aromatic nitrogens is 10. The lowest BCUT2D eigenvalue weighted by Gasteiger charge is -2.29. The predicted molar refractivity (Wildman–Crippen MR) is 330 cm³/mol. The van der Waals surface area contributed by atoms with Crippen LogP contribution < -0.4 is 43.8 Å². The number of aliphatic hydroxyl groups is 1. The summed E-state index contributed by atoms with van der Waals surface area (Å²) in [5.74, 6) is 2.74. The number of anilines is 4. The zero-order valence-corrected chi connectivity index (χ0v) is 48.7. The van der Waals surface area contributed by atoms with Crippen molar-refractivity contribution < 1.29 is 9.90 Å². The molecule has 0 unspecified atom stereocenters. The number of carbonyl (C=O) groups is 1. The number of hydrogen-bond donors (Lipinski definition) is 9. The van der Waals surface area contributed by atoms with Gasteiger partial charge >= 0.3 is 0 Å². The van der Waals surface area contributed by atoms with Crippen LogP contribution in [0.1, 0.15) is 142 Å². The van der Waals surface area contributed by atoms with Crippen molar-refractivity contribution in [3.8, 4) is 22.5 Å². The molecule has 0 spiro atoms.